The largest absolute Gasteiger partial charge is 0.496 e. The van der Waals surface area contributed by atoms with Crippen molar-refractivity contribution >= 4 is 17.5 Å². The molecule has 1 fully saturated rings. The van der Waals surface area contributed by atoms with Gasteiger partial charge in [-0.2, -0.15) is 13.2 Å². The average Bonchev–Trinajstić information content (AvgIpc) is 2.52. The van der Waals surface area contributed by atoms with E-state index in [4.69, 9.17) is 16.3 Å². The highest BCUT2D eigenvalue weighted by Crippen LogP contribution is 2.24. The van der Waals surface area contributed by atoms with Crippen LogP contribution in [0.2, 0.25) is 5.02 Å². The third-order valence-electron chi connectivity index (χ3n) is 4.07. The van der Waals surface area contributed by atoms with Crippen molar-refractivity contribution in [1.82, 2.24) is 10.2 Å². The lowest BCUT2D eigenvalue weighted by Crippen LogP contribution is -2.42. The van der Waals surface area contributed by atoms with E-state index in [2.05, 4.69) is 5.32 Å². The number of halogens is 4. The Bertz CT molecular complexity index is 573. The van der Waals surface area contributed by atoms with E-state index in [-0.39, 0.29) is 11.8 Å². The number of likely N-dealkylation sites (tertiary alicyclic amines) is 1. The molecule has 0 radical (unpaired) electrons. The van der Waals surface area contributed by atoms with E-state index in [0.717, 1.165) is 0 Å². The summed E-state index contributed by atoms with van der Waals surface area (Å²) in [6.07, 6.45) is -2.91. The molecular formula is C16H20ClF3N2O2. The van der Waals surface area contributed by atoms with Gasteiger partial charge in [-0.3, -0.25) is 9.69 Å². The first-order valence-corrected chi connectivity index (χ1v) is 8.07. The van der Waals surface area contributed by atoms with Gasteiger partial charge < -0.3 is 10.1 Å². The number of nitrogens with zero attached hydrogens (tertiary/aromatic N) is 1. The van der Waals surface area contributed by atoms with Gasteiger partial charge in [-0.05, 0) is 50.0 Å². The molecule has 1 N–H and O–H groups in total. The topological polar surface area (TPSA) is 41.6 Å². The van der Waals surface area contributed by atoms with Gasteiger partial charge in [0.15, 0.2) is 0 Å². The van der Waals surface area contributed by atoms with Crippen molar-refractivity contribution in [1.29, 1.82) is 0 Å². The second kappa shape index (κ2) is 8.07. The highest BCUT2D eigenvalue weighted by atomic mass is 35.5. The van der Waals surface area contributed by atoms with E-state index in [1.54, 1.807) is 12.1 Å². The number of carbonyl (C=O) groups is 1. The maximum absolute atomic E-state index is 12.4. The van der Waals surface area contributed by atoms with Crippen LogP contribution in [0.3, 0.4) is 0 Å². The molecular weight excluding hydrogens is 345 g/mol. The van der Waals surface area contributed by atoms with E-state index in [1.165, 1.54) is 18.1 Å². The number of alkyl halides is 3. The number of hydrogen-bond donors (Lipinski definition) is 1. The van der Waals surface area contributed by atoms with Gasteiger partial charge >= 0.3 is 6.18 Å². The Balaban J connectivity index is 1.82. The zero-order chi connectivity index (χ0) is 17.7. The number of carbonyl (C=O) groups excluding carboxylic acids is 1. The monoisotopic (exact) mass is 364 g/mol. The summed E-state index contributed by atoms with van der Waals surface area (Å²) in [7, 11) is 1.47. The van der Waals surface area contributed by atoms with Crippen molar-refractivity contribution < 1.29 is 22.7 Å². The summed E-state index contributed by atoms with van der Waals surface area (Å²) in [5.74, 6) is 0.299. The molecule has 0 aliphatic carbocycles. The van der Waals surface area contributed by atoms with Crippen molar-refractivity contribution in [3.8, 4) is 5.75 Å². The van der Waals surface area contributed by atoms with Gasteiger partial charge in [0.2, 0.25) is 0 Å². The molecule has 0 unspecified atom stereocenters. The highest BCUT2D eigenvalue weighted by Gasteiger charge is 2.32. The summed E-state index contributed by atoms with van der Waals surface area (Å²) in [5, 5.41) is 3.25. The summed E-state index contributed by atoms with van der Waals surface area (Å²) >= 11 is 5.90. The predicted molar refractivity (Wildman–Crippen MR) is 85.6 cm³/mol. The predicted octanol–water partition coefficient (Wildman–Crippen LogP) is 3.35. The van der Waals surface area contributed by atoms with Crippen LogP contribution in [0.1, 0.15) is 23.2 Å². The zero-order valence-corrected chi connectivity index (χ0v) is 14.1. The van der Waals surface area contributed by atoms with Crippen LogP contribution in [0.4, 0.5) is 13.2 Å². The molecule has 1 aliphatic rings. The van der Waals surface area contributed by atoms with E-state index in [9.17, 15) is 18.0 Å². The van der Waals surface area contributed by atoms with Crippen molar-refractivity contribution in [2.45, 2.75) is 19.0 Å². The smallest absolute Gasteiger partial charge is 0.401 e. The molecule has 8 heteroatoms. The van der Waals surface area contributed by atoms with Gasteiger partial charge in [0.1, 0.15) is 5.75 Å². The number of hydrogen-bond acceptors (Lipinski definition) is 3. The molecule has 1 aliphatic heterocycles. The molecule has 0 saturated carbocycles. The van der Waals surface area contributed by atoms with Crippen LogP contribution < -0.4 is 10.1 Å². The fraction of sp³-hybridized carbons (Fsp3) is 0.562. The fourth-order valence-electron chi connectivity index (χ4n) is 2.79. The SMILES string of the molecule is COc1ccc(Cl)cc1C(=O)NCC1CCN(CC(F)(F)F)CC1. The van der Waals surface area contributed by atoms with Crippen molar-refractivity contribution in [2.24, 2.45) is 5.92 Å². The Hall–Kier alpha value is -1.47. The van der Waals surface area contributed by atoms with E-state index in [0.29, 0.717) is 48.8 Å². The highest BCUT2D eigenvalue weighted by molar-refractivity contribution is 6.31. The van der Waals surface area contributed by atoms with Gasteiger partial charge in [-0.1, -0.05) is 11.6 Å². The van der Waals surface area contributed by atoms with Crippen LogP contribution >= 0.6 is 11.6 Å². The Morgan fingerprint density at radius 3 is 2.62 bits per heavy atom. The van der Waals surface area contributed by atoms with Crippen LogP contribution in [-0.2, 0) is 0 Å². The third-order valence-corrected chi connectivity index (χ3v) is 4.30. The Morgan fingerprint density at radius 2 is 2.04 bits per heavy atom. The van der Waals surface area contributed by atoms with Crippen LogP contribution in [-0.4, -0.2) is 50.3 Å². The lowest BCUT2D eigenvalue weighted by atomic mass is 9.96. The fourth-order valence-corrected chi connectivity index (χ4v) is 2.96. The first-order chi connectivity index (χ1) is 11.3. The second-order valence-electron chi connectivity index (χ2n) is 5.89. The number of amides is 1. The second-order valence-corrected chi connectivity index (χ2v) is 6.33. The lowest BCUT2D eigenvalue weighted by molar-refractivity contribution is -0.148. The Labute approximate surface area is 143 Å². The van der Waals surface area contributed by atoms with Gasteiger partial charge in [0.05, 0.1) is 19.2 Å². The minimum Gasteiger partial charge on any atom is -0.496 e. The van der Waals surface area contributed by atoms with Gasteiger partial charge in [0.25, 0.3) is 5.91 Å². The first-order valence-electron chi connectivity index (χ1n) is 7.69. The molecule has 1 aromatic rings. The summed E-state index contributed by atoms with van der Waals surface area (Å²) in [6.45, 7) is 0.335. The number of nitrogens with one attached hydrogen (secondary N) is 1. The Kier molecular flexibility index (Phi) is 6.34. The van der Waals surface area contributed by atoms with Crippen LogP contribution in [0, 0.1) is 5.92 Å². The molecule has 4 nitrogen and oxygen atoms in total. The van der Waals surface area contributed by atoms with E-state index in [1.807, 2.05) is 0 Å². The third kappa shape index (κ3) is 5.56. The molecule has 134 valence electrons. The van der Waals surface area contributed by atoms with Crippen LogP contribution in [0.5, 0.6) is 5.75 Å². The summed E-state index contributed by atoms with van der Waals surface area (Å²) in [6, 6.07) is 4.78. The summed E-state index contributed by atoms with van der Waals surface area (Å²) in [4.78, 5) is 13.7. The summed E-state index contributed by atoms with van der Waals surface area (Å²) in [5.41, 5.74) is 0.347. The van der Waals surface area contributed by atoms with Gasteiger partial charge in [-0.25, -0.2) is 0 Å². The quantitative estimate of drug-likeness (QED) is 0.871. The van der Waals surface area contributed by atoms with E-state index < -0.39 is 12.7 Å². The van der Waals surface area contributed by atoms with Crippen molar-refractivity contribution in [2.75, 3.05) is 33.3 Å². The van der Waals surface area contributed by atoms with Crippen LogP contribution in [0.15, 0.2) is 18.2 Å². The minimum absolute atomic E-state index is 0.170. The van der Waals surface area contributed by atoms with Gasteiger partial charge in [-0.15, -0.1) is 0 Å². The molecule has 0 bridgehead atoms. The molecule has 0 spiro atoms. The van der Waals surface area contributed by atoms with E-state index >= 15 is 0 Å². The number of ether oxygens (including phenoxy) is 1. The summed E-state index contributed by atoms with van der Waals surface area (Å²) < 4.78 is 42.2. The maximum atomic E-state index is 12.4. The van der Waals surface area contributed by atoms with Crippen molar-refractivity contribution in [3.63, 3.8) is 0 Å². The lowest BCUT2D eigenvalue weighted by Gasteiger charge is -2.32. The molecule has 0 atom stereocenters. The maximum Gasteiger partial charge on any atom is 0.401 e. The first kappa shape index (κ1) is 18.9. The molecule has 1 heterocycles. The normalized spacial score (nSPS) is 16.9. The molecule has 24 heavy (non-hydrogen) atoms. The van der Waals surface area contributed by atoms with Crippen molar-refractivity contribution in [3.05, 3.63) is 28.8 Å². The number of benzene rings is 1. The Morgan fingerprint density at radius 1 is 1.38 bits per heavy atom. The molecule has 0 aromatic heterocycles. The zero-order valence-electron chi connectivity index (χ0n) is 13.3. The standard InChI is InChI=1S/C16H20ClF3N2O2/c1-24-14-3-2-12(17)8-13(14)15(23)21-9-11-4-6-22(7-5-11)10-16(18,19)20/h2-3,8,11H,4-7,9-10H2,1H3,(H,21,23). The molecule has 1 aromatic carbocycles. The van der Waals surface area contributed by atoms with Gasteiger partial charge in [0, 0.05) is 11.6 Å². The van der Waals surface area contributed by atoms with Crippen LogP contribution in [0.25, 0.3) is 0 Å². The number of rotatable bonds is 5. The minimum atomic E-state index is -4.16. The molecule has 2 rings (SSSR count). The molecule has 1 saturated heterocycles. The average molecular weight is 365 g/mol. The molecule has 1 amide bonds. The number of piperidine rings is 1. The number of methoxy groups -OCH3 is 1.